The molecular weight excluding hydrogens is 207 g/mol. The number of aromatic nitrogens is 1. The highest BCUT2D eigenvalue weighted by Gasteiger charge is 2.25. The van der Waals surface area contributed by atoms with E-state index < -0.39 is 12.7 Å². The summed E-state index contributed by atoms with van der Waals surface area (Å²) < 4.78 is 35.1. The maximum atomic E-state index is 11.7. The van der Waals surface area contributed by atoms with Gasteiger partial charge in [-0.3, -0.25) is 4.99 Å². The molecule has 0 atom stereocenters. The number of nitrogens with zero attached hydrogens (tertiary/aromatic N) is 3. The highest BCUT2D eigenvalue weighted by Crippen LogP contribution is 2.14. The fourth-order valence-electron chi connectivity index (χ4n) is 0.795. The monoisotopic (exact) mass is 213 g/mol. The van der Waals surface area contributed by atoms with Crippen LogP contribution in [0.4, 0.5) is 19.0 Å². The van der Waals surface area contributed by atoms with Crippen LogP contribution in [0.25, 0.3) is 4.85 Å². The molecule has 78 valence electrons. The lowest BCUT2D eigenvalue weighted by Gasteiger charge is -1.99. The van der Waals surface area contributed by atoms with Crippen LogP contribution in [-0.2, 0) is 0 Å². The summed E-state index contributed by atoms with van der Waals surface area (Å²) in [5.41, 5.74) is 0.437. The normalized spacial score (nSPS) is 11.6. The van der Waals surface area contributed by atoms with E-state index in [1.165, 1.54) is 18.3 Å². The van der Waals surface area contributed by atoms with E-state index in [0.29, 0.717) is 5.56 Å². The summed E-state index contributed by atoms with van der Waals surface area (Å²) in [7, 11) is 0. The maximum absolute atomic E-state index is 11.7. The molecule has 0 aliphatic heterocycles. The molecule has 0 aliphatic carbocycles. The van der Waals surface area contributed by atoms with Gasteiger partial charge in [0.2, 0.25) is 0 Å². The second-order valence-corrected chi connectivity index (χ2v) is 2.65. The quantitative estimate of drug-likeness (QED) is 0.548. The number of rotatable bonds is 2. The van der Waals surface area contributed by atoms with E-state index >= 15 is 0 Å². The smallest absolute Gasteiger partial charge is 0.361 e. The molecule has 1 rings (SSSR count). The van der Waals surface area contributed by atoms with Crippen molar-refractivity contribution in [2.75, 3.05) is 6.54 Å². The van der Waals surface area contributed by atoms with E-state index in [1.807, 2.05) is 0 Å². The minimum Gasteiger partial charge on any atom is -0.361 e. The second-order valence-electron chi connectivity index (χ2n) is 2.65. The molecule has 0 saturated carbocycles. The Morgan fingerprint density at radius 3 is 2.67 bits per heavy atom. The van der Waals surface area contributed by atoms with Crippen LogP contribution in [0.3, 0.4) is 0 Å². The molecule has 15 heavy (non-hydrogen) atoms. The number of hydrogen-bond acceptors (Lipinski definition) is 2. The van der Waals surface area contributed by atoms with Crippen molar-refractivity contribution in [3.05, 3.63) is 35.3 Å². The summed E-state index contributed by atoms with van der Waals surface area (Å²) in [6.07, 6.45) is -1.91. The van der Waals surface area contributed by atoms with Gasteiger partial charge in [0, 0.05) is 11.8 Å². The molecule has 1 heterocycles. The molecule has 6 heteroatoms. The summed E-state index contributed by atoms with van der Waals surface area (Å²) >= 11 is 0. The number of hydrogen-bond donors (Lipinski definition) is 0. The Balaban J connectivity index is 2.62. The van der Waals surface area contributed by atoms with Crippen LogP contribution in [-0.4, -0.2) is 23.9 Å². The maximum Gasteiger partial charge on any atom is 0.407 e. The third kappa shape index (κ3) is 4.22. The van der Waals surface area contributed by atoms with Crippen molar-refractivity contribution in [2.45, 2.75) is 6.18 Å². The summed E-state index contributed by atoms with van der Waals surface area (Å²) in [4.78, 5) is 9.93. The second kappa shape index (κ2) is 4.55. The molecule has 0 unspecified atom stereocenters. The highest BCUT2D eigenvalue weighted by molar-refractivity contribution is 5.79. The first kappa shape index (κ1) is 11.2. The molecule has 0 spiro atoms. The molecule has 0 saturated heterocycles. The molecule has 0 aromatic carbocycles. The topological polar surface area (TPSA) is 29.6 Å². The predicted molar refractivity (Wildman–Crippen MR) is 49.0 cm³/mol. The van der Waals surface area contributed by atoms with Gasteiger partial charge >= 0.3 is 6.18 Å². The number of aliphatic imine (C=N–C) groups is 1. The van der Waals surface area contributed by atoms with Crippen molar-refractivity contribution in [1.29, 1.82) is 0 Å². The highest BCUT2D eigenvalue weighted by atomic mass is 19.4. The minimum atomic E-state index is -4.29. The van der Waals surface area contributed by atoms with Gasteiger partial charge in [0.15, 0.2) is 0 Å². The van der Waals surface area contributed by atoms with Crippen molar-refractivity contribution >= 4 is 12.0 Å². The number of alkyl halides is 3. The zero-order chi connectivity index (χ0) is 11.3. The fourth-order valence-corrected chi connectivity index (χ4v) is 0.795. The van der Waals surface area contributed by atoms with Crippen LogP contribution in [0.5, 0.6) is 0 Å². The molecular formula is C9H6F3N3. The Morgan fingerprint density at radius 1 is 1.47 bits per heavy atom. The summed E-state index contributed by atoms with van der Waals surface area (Å²) in [5.74, 6) is 0.197. The van der Waals surface area contributed by atoms with E-state index in [2.05, 4.69) is 14.8 Å². The molecule has 1 aromatic rings. The molecule has 0 aliphatic rings. The van der Waals surface area contributed by atoms with Crippen molar-refractivity contribution in [2.24, 2.45) is 4.99 Å². The van der Waals surface area contributed by atoms with E-state index in [0.717, 1.165) is 6.21 Å². The van der Waals surface area contributed by atoms with E-state index in [4.69, 9.17) is 6.57 Å². The van der Waals surface area contributed by atoms with Crippen LogP contribution >= 0.6 is 0 Å². The molecule has 3 nitrogen and oxygen atoms in total. The van der Waals surface area contributed by atoms with E-state index in [-0.39, 0.29) is 5.82 Å². The Morgan fingerprint density at radius 2 is 2.20 bits per heavy atom. The van der Waals surface area contributed by atoms with Crippen LogP contribution in [0, 0.1) is 6.57 Å². The van der Waals surface area contributed by atoms with Crippen LogP contribution < -0.4 is 0 Å². The lowest BCUT2D eigenvalue weighted by atomic mass is 10.3. The van der Waals surface area contributed by atoms with Gasteiger partial charge in [-0.1, -0.05) is 12.6 Å². The Kier molecular flexibility index (Phi) is 3.39. The van der Waals surface area contributed by atoms with Crippen molar-refractivity contribution in [3.63, 3.8) is 0 Å². The van der Waals surface area contributed by atoms with Crippen molar-refractivity contribution in [3.8, 4) is 0 Å². The number of halogens is 3. The number of pyridine rings is 1. The van der Waals surface area contributed by atoms with E-state index in [1.54, 1.807) is 0 Å². The first-order valence-corrected chi connectivity index (χ1v) is 3.91. The molecule has 0 bridgehead atoms. The lowest BCUT2D eigenvalue weighted by Crippen LogP contribution is -2.11. The predicted octanol–water partition coefficient (Wildman–Crippen LogP) is 2.61. The Labute approximate surface area is 84.1 Å². The van der Waals surface area contributed by atoms with Crippen molar-refractivity contribution < 1.29 is 13.2 Å². The van der Waals surface area contributed by atoms with Gasteiger partial charge in [0.05, 0.1) is 0 Å². The SMILES string of the molecule is [C-]#[N+]c1ccc(C=NCC(F)(F)F)cn1. The third-order valence-corrected chi connectivity index (χ3v) is 1.40. The average molecular weight is 213 g/mol. The summed E-state index contributed by atoms with van der Waals surface area (Å²) in [5, 5.41) is 0. The van der Waals surface area contributed by atoms with Crippen LogP contribution in [0.15, 0.2) is 23.3 Å². The van der Waals surface area contributed by atoms with Crippen molar-refractivity contribution in [1.82, 2.24) is 4.98 Å². The largest absolute Gasteiger partial charge is 0.407 e. The van der Waals surface area contributed by atoms with Crippen LogP contribution in [0.2, 0.25) is 0 Å². The Hall–Kier alpha value is -1.90. The standard InChI is InChI=1S/C9H6F3N3/c1-13-8-3-2-7(5-15-8)4-14-6-9(10,11)12/h2-5H,6H2. The van der Waals surface area contributed by atoms with Gasteiger partial charge < -0.3 is 4.85 Å². The van der Waals surface area contributed by atoms with Gasteiger partial charge in [0.1, 0.15) is 12.7 Å². The Bertz CT molecular complexity index is 387. The third-order valence-electron chi connectivity index (χ3n) is 1.40. The van der Waals surface area contributed by atoms with E-state index in [9.17, 15) is 13.2 Å². The minimum absolute atomic E-state index is 0.197. The zero-order valence-electron chi connectivity index (χ0n) is 7.49. The molecule has 0 N–H and O–H groups in total. The molecule has 0 radical (unpaired) electrons. The summed E-state index contributed by atoms with van der Waals surface area (Å²) in [6, 6.07) is 2.90. The van der Waals surface area contributed by atoms with Gasteiger partial charge in [-0.25, -0.2) is 0 Å². The first-order chi connectivity index (χ1) is 7.01. The van der Waals surface area contributed by atoms with Gasteiger partial charge in [0.25, 0.3) is 5.82 Å². The molecule has 0 amide bonds. The molecule has 0 fully saturated rings. The van der Waals surface area contributed by atoms with Crippen LogP contribution in [0.1, 0.15) is 5.56 Å². The molecule has 1 aromatic heterocycles. The zero-order valence-corrected chi connectivity index (χ0v) is 7.49. The fraction of sp³-hybridized carbons (Fsp3) is 0.222. The first-order valence-electron chi connectivity index (χ1n) is 3.91. The van der Waals surface area contributed by atoms with Gasteiger partial charge in [-0.2, -0.15) is 13.2 Å². The lowest BCUT2D eigenvalue weighted by molar-refractivity contribution is -0.118. The average Bonchev–Trinajstić information content (AvgIpc) is 2.17. The van der Waals surface area contributed by atoms with Gasteiger partial charge in [-0.05, 0) is 6.07 Å². The van der Waals surface area contributed by atoms with Gasteiger partial charge in [-0.15, -0.1) is 4.98 Å². The summed E-state index contributed by atoms with van der Waals surface area (Å²) in [6.45, 7) is 5.40.